The lowest BCUT2D eigenvalue weighted by Crippen LogP contribution is -2.35. The number of ether oxygens (including phenoxy) is 1. The molecule has 5 heteroatoms. The summed E-state index contributed by atoms with van der Waals surface area (Å²) in [6.07, 6.45) is 0.735. The van der Waals surface area contributed by atoms with Gasteiger partial charge in [0.2, 0.25) is 0 Å². The third kappa shape index (κ3) is 2.27. The molecule has 1 heterocycles. The molecule has 0 bridgehead atoms. The second-order valence-corrected chi connectivity index (χ2v) is 6.98. The SMILES string of the molecule is COc1cccc(S(=O)(=O)N2c3ccccc3CC2C)c1. The first-order valence-corrected chi connectivity index (χ1v) is 8.24. The minimum Gasteiger partial charge on any atom is -0.497 e. The van der Waals surface area contributed by atoms with Gasteiger partial charge >= 0.3 is 0 Å². The maximum absolute atomic E-state index is 12.9. The molecule has 110 valence electrons. The zero-order chi connectivity index (χ0) is 15.0. The van der Waals surface area contributed by atoms with Crippen LogP contribution in [0.3, 0.4) is 0 Å². The highest BCUT2D eigenvalue weighted by atomic mass is 32.2. The summed E-state index contributed by atoms with van der Waals surface area (Å²) in [6, 6.07) is 14.1. The highest BCUT2D eigenvalue weighted by Crippen LogP contribution is 2.36. The van der Waals surface area contributed by atoms with E-state index in [-0.39, 0.29) is 10.9 Å². The van der Waals surface area contributed by atoms with Crippen LogP contribution in [0.4, 0.5) is 5.69 Å². The Morgan fingerprint density at radius 1 is 1.14 bits per heavy atom. The average molecular weight is 303 g/mol. The van der Waals surface area contributed by atoms with E-state index in [4.69, 9.17) is 4.74 Å². The van der Waals surface area contributed by atoms with Gasteiger partial charge in [-0.2, -0.15) is 0 Å². The summed E-state index contributed by atoms with van der Waals surface area (Å²) in [5.41, 5.74) is 1.84. The molecule has 1 unspecified atom stereocenters. The molecule has 1 atom stereocenters. The number of para-hydroxylation sites is 1. The van der Waals surface area contributed by atoms with Gasteiger partial charge in [-0.15, -0.1) is 0 Å². The van der Waals surface area contributed by atoms with Crippen LogP contribution in [0.15, 0.2) is 53.4 Å². The van der Waals surface area contributed by atoms with Gasteiger partial charge in [0.1, 0.15) is 5.75 Å². The smallest absolute Gasteiger partial charge is 0.264 e. The number of anilines is 1. The monoisotopic (exact) mass is 303 g/mol. The molecule has 1 aliphatic heterocycles. The van der Waals surface area contributed by atoms with Crippen molar-refractivity contribution in [1.29, 1.82) is 0 Å². The van der Waals surface area contributed by atoms with Crippen LogP contribution in [0.2, 0.25) is 0 Å². The fourth-order valence-electron chi connectivity index (χ4n) is 2.78. The molecule has 0 N–H and O–H groups in total. The van der Waals surface area contributed by atoms with Crippen LogP contribution >= 0.6 is 0 Å². The van der Waals surface area contributed by atoms with Gasteiger partial charge in [0.05, 0.1) is 17.7 Å². The Bertz CT molecular complexity index is 771. The molecule has 0 fully saturated rings. The third-order valence-electron chi connectivity index (χ3n) is 3.74. The van der Waals surface area contributed by atoms with E-state index in [0.29, 0.717) is 5.75 Å². The van der Waals surface area contributed by atoms with Crippen molar-refractivity contribution in [2.45, 2.75) is 24.3 Å². The highest BCUT2D eigenvalue weighted by Gasteiger charge is 2.35. The van der Waals surface area contributed by atoms with Crippen molar-refractivity contribution in [1.82, 2.24) is 0 Å². The van der Waals surface area contributed by atoms with Crippen molar-refractivity contribution in [2.75, 3.05) is 11.4 Å². The van der Waals surface area contributed by atoms with Crippen molar-refractivity contribution < 1.29 is 13.2 Å². The third-order valence-corrected chi connectivity index (χ3v) is 5.67. The molecule has 2 aromatic rings. The minimum atomic E-state index is -3.58. The van der Waals surface area contributed by atoms with Gasteiger partial charge in [-0.25, -0.2) is 8.42 Å². The molecule has 1 aliphatic rings. The van der Waals surface area contributed by atoms with E-state index in [9.17, 15) is 8.42 Å². The molecule has 0 radical (unpaired) electrons. The van der Waals surface area contributed by atoms with Gasteiger partial charge in [0.15, 0.2) is 0 Å². The quantitative estimate of drug-likeness (QED) is 0.876. The molecule has 2 aromatic carbocycles. The first kappa shape index (κ1) is 13.9. The van der Waals surface area contributed by atoms with Crippen LogP contribution in [0, 0.1) is 0 Å². The van der Waals surface area contributed by atoms with Gasteiger partial charge in [-0.1, -0.05) is 24.3 Å². The number of rotatable bonds is 3. The lowest BCUT2D eigenvalue weighted by Gasteiger charge is -2.24. The summed E-state index contributed by atoms with van der Waals surface area (Å²) in [5.74, 6) is 0.538. The molecule has 3 rings (SSSR count). The maximum atomic E-state index is 12.9. The molecule has 0 saturated heterocycles. The predicted octanol–water partition coefficient (Wildman–Crippen LogP) is 2.84. The molecular formula is C16H17NO3S. The molecule has 4 nitrogen and oxygen atoms in total. The number of sulfonamides is 1. The Hall–Kier alpha value is -2.01. The Morgan fingerprint density at radius 3 is 2.67 bits per heavy atom. The van der Waals surface area contributed by atoms with Gasteiger partial charge in [0.25, 0.3) is 10.0 Å². The normalized spacial score (nSPS) is 17.6. The number of benzene rings is 2. The average Bonchev–Trinajstić information content (AvgIpc) is 2.83. The first-order chi connectivity index (χ1) is 10.0. The molecule has 0 aliphatic carbocycles. The molecule has 21 heavy (non-hydrogen) atoms. The zero-order valence-corrected chi connectivity index (χ0v) is 12.8. The summed E-state index contributed by atoms with van der Waals surface area (Å²) in [7, 11) is -2.05. The van der Waals surface area contributed by atoms with E-state index in [1.54, 1.807) is 24.3 Å². The van der Waals surface area contributed by atoms with Crippen molar-refractivity contribution in [3.63, 3.8) is 0 Å². The van der Waals surface area contributed by atoms with Crippen molar-refractivity contribution >= 4 is 15.7 Å². The van der Waals surface area contributed by atoms with Gasteiger partial charge in [0, 0.05) is 12.1 Å². The largest absolute Gasteiger partial charge is 0.497 e. The number of hydrogen-bond acceptors (Lipinski definition) is 3. The van der Waals surface area contributed by atoms with Crippen LogP contribution in [0.1, 0.15) is 12.5 Å². The standard InChI is InChI=1S/C16H17NO3S/c1-12-10-13-6-3-4-9-16(13)17(12)21(18,19)15-8-5-7-14(11-15)20-2/h3-9,11-12H,10H2,1-2H3. The van der Waals surface area contributed by atoms with E-state index in [2.05, 4.69) is 0 Å². The maximum Gasteiger partial charge on any atom is 0.264 e. The van der Waals surface area contributed by atoms with E-state index < -0.39 is 10.0 Å². The lowest BCUT2D eigenvalue weighted by molar-refractivity contribution is 0.413. The Balaban J connectivity index is 2.10. The molecule has 0 aromatic heterocycles. The van der Waals surface area contributed by atoms with Gasteiger partial charge in [-0.05, 0) is 37.1 Å². The van der Waals surface area contributed by atoms with Gasteiger partial charge in [-0.3, -0.25) is 4.31 Å². The Kier molecular flexibility index (Phi) is 3.37. The zero-order valence-electron chi connectivity index (χ0n) is 12.0. The molecule has 0 saturated carbocycles. The molecule has 0 amide bonds. The van der Waals surface area contributed by atoms with Crippen molar-refractivity contribution in [2.24, 2.45) is 0 Å². The fraction of sp³-hybridized carbons (Fsp3) is 0.250. The predicted molar refractivity (Wildman–Crippen MR) is 82.3 cm³/mol. The fourth-order valence-corrected chi connectivity index (χ4v) is 4.51. The number of hydrogen-bond donors (Lipinski definition) is 0. The van der Waals surface area contributed by atoms with Crippen LogP contribution in [-0.2, 0) is 16.4 Å². The number of methoxy groups -OCH3 is 1. The lowest BCUT2D eigenvalue weighted by atomic mass is 10.1. The van der Waals surface area contributed by atoms with E-state index >= 15 is 0 Å². The molecule has 0 spiro atoms. The van der Waals surface area contributed by atoms with E-state index in [1.165, 1.54) is 11.4 Å². The van der Waals surface area contributed by atoms with E-state index in [1.807, 2.05) is 31.2 Å². The van der Waals surface area contributed by atoms with E-state index in [0.717, 1.165) is 17.7 Å². The second kappa shape index (κ2) is 5.07. The minimum absolute atomic E-state index is 0.0846. The Labute approximate surface area is 125 Å². The number of fused-ring (bicyclic) bond motifs is 1. The molecular weight excluding hydrogens is 286 g/mol. The van der Waals surface area contributed by atoms with Gasteiger partial charge < -0.3 is 4.74 Å². The van der Waals surface area contributed by atoms with Crippen molar-refractivity contribution in [3.8, 4) is 5.75 Å². The van der Waals surface area contributed by atoms with Crippen LogP contribution in [-0.4, -0.2) is 21.6 Å². The summed E-state index contributed by atoms with van der Waals surface area (Å²) in [6.45, 7) is 1.93. The highest BCUT2D eigenvalue weighted by molar-refractivity contribution is 7.92. The topological polar surface area (TPSA) is 46.6 Å². The van der Waals surface area contributed by atoms with Crippen molar-refractivity contribution in [3.05, 3.63) is 54.1 Å². The summed E-state index contributed by atoms with van der Waals surface area (Å²) >= 11 is 0. The summed E-state index contributed by atoms with van der Waals surface area (Å²) in [4.78, 5) is 0.255. The van der Waals surface area contributed by atoms with Crippen LogP contribution in [0.25, 0.3) is 0 Å². The number of nitrogens with zero attached hydrogens (tertiary/aromatic N) is 1. The first-order valence-electron chi connectivity index (χ1n) is 6.80. The summed E-state index contributed by atoms with van der Waals surface area (Å²) in [5, 5.41) is 0. The summed E-state index contributed by atoms with van der Waals surface area (Å²) < 4.78 is 32.5. The van der Waals surface area contributed by atoms with Crippen LogP contribution in [0.5, 0.6) is 5.75 Å². The second-order valence-electron chi connectivity index (χ2n) is 5.16. The Morgan fingerprint density at radius 2 is 1.90 bits per heavy atom. The van der Waals surface area contributed by atoms with Crippen LogP contribution < -0.4 is 9.04 Å².